The van der Waals surface area contributed by atoms with Crippen LogP contribution in [0.3, 0.4) is 0 Å². The largest absolute Gasteiger partial charge is 0.496 e. The number of aromatic nitrogens is 1. The second kappa shape index (κ2) is 9.52. The van der Waals surface area contributed by atoms with Gasteiger partial charge in [-0.1, -0.05) is 11.6 Å². The van der Waals surface area contributed by atoms with Gasteiger partial charge in [0.2, 0.25) is 0 Å². The second-order valence-electron chi connectivity index (χ2n) is 6.68. The molecule has 0 bridgehead atoms. The van der Waals surface area contributed by atoms with E-state index in [1.807, 2.05) is 24.5 Å². The summed E-state index contributed by atoms with van der Waals surface area (Å²) < 4.78 is 8.04. The van der Waals surface area contributed by atoms with E-state index >= 15 is 0 Å². The number of carboxylic acids is 1. The van der Waals surface area contributed by atoms with E-state index in [4.69, 9.17) is 16.3 Å². The molecule has 1 amide bonds. The smallest absolute Gasteiger partial charge is 0.337 e. The minimum atomic E-state index is -1.09. The molecule has 31 heavy (non-hydrogen) atoms. The molecule has 0 spiro atoms. The van der Waals surface area contributed by atoms with Gasteiger partial charge >= 0.3 is 5.97 Å². The molecule has 9 heteroatoms. The number of carbonyl (C=O) groups is 2. The third-order valence-electron chi connectivity index (χ3n) is 4.69. The lowest BCUT2D eigenvalue weighted by molar-refractivity contribution is 0.0696. The summed E-state index contributed by atoms with van der Waals surface area (Å²) in [5, 5.41) is 13.6. The SMILES string of the molecule is COc1cc(C(=O)NN=Cc2cc(C)n(-c3ccc(Cl)c(C(=O)O)c3)c2C)ccc1I. The number of aryl methyl sites for hydroxylation is 1. The molecule has 1 aromatic heterocycles. The van der Waals surface area contributed by atoms with Crippen molar-refractivity contribution in [1.29, 1.82) is 0 Å². The van der Waals surface area contributed by atoms with Crippen LogP contribution in [0, 0.1) is 17.4 Å². The summed E-state index contributed by atoms with van der Waals surface area (Å²) in [6.07, 6.45) is 1.55. The lowest BCUT2D eigenvalue weighted by Gasteiger charge is -2.11. The highest BCUT2D eigenvalue weighted by molar-refractivity contribution is 14.1. The number of hydrogen-bond donors (Lipinski definition) is 2. The quantitative estimate of drug-likeness (QED) is 0.261. The molecule has 160 valence electrons. The fraction of sp³-hybridized carbons (Fsp3) is 0.136. The van der Waals surface area contributed by atoms with Crippen LogP contribution in [0.25, 0.3) is 5.69 Å². The zero-order valence-electron chi connectivity index (χ0n) is 16.9. The second-order valence-corrected chi connectivity index (χ2v) is 8.25. The Labute approximate surface area is 197 Å². The van der Waals surface area contributed by atoms with Crippen LogP contribution in [0.2, 0.25) is 5.02 Å². The summed E-state index contributed by atoms with van der Waals surface area (Å²) in [7, 11) is 1.55. The summed E-state index contributed by atoms with van der Waals surface area (Å²) in [4.78, 5) is 23.8. The van der Waals surface area contributed by atoms with Crippen LogP contribution < -0.4 is 10.2 Å². The summed E-state index contributed by atoms with van der Waals surface area (Å²) >= 11 is 8.11. The zero-order valence-corrected chi connectivity index (χ0v) is 19.9. The Morgan fingerprint density at radius 1 is 1.19 bits per heavy atom. The molecule has 2 N–H and O–H groups in total. The van der Waals surface area contributed by atoms with Gasteiger partial charge in [-0.3, -0.25) is 4.79 Å². The van der Waals surface area contributed by atoms with Gasteiger partial charge in [0.15, 0.2) is 0 Å². The molecular formula is C22H19ClIN3O4. The van der Waals surface area contributed by atoms with Crippen LogP contribution >= 0.6 is 34.2 Å². The molecule has 0 saturated carbocycles. The molecule has 0 radical (unpaired) electrons. The Balaban J connectivity index is 1.83. The third kappa shape index (κ3) is 4.91. The van der Waals surface area contributed by atoms with Gasteiger partial charge in [-0.25, -0.2) is 10.2 Å². The molecule has 0 aliphatic carbocycles. The number of methoxy groups -OCH3 is 1. The number of ether oxygens (including phenoxy) is 1. The Kier molecular flexibility index (Phi) is 7.01. The van der Waals surface area contributed by atoms with E-state index in [2.05, 4.69) is 33.1 Å². The van der Waals surface area contributed by atoms with Crippen molar-refractivity contribution in [3.63, 3.8) is 0 Å². The van der Waals surface area contributed by atoms with Crippen molar-refractivity contribution in [3.05, 3.63) is 79.1 Å². The average molecular weight is 552 g/mol. The Morgan fingerprint density at radius 2 is 1.94 bits per heavy atom. The van der Waals surface area contributed by atoms with Crippen molar-refractivity contribution < 1.29 is 19.4 Å². The highest BCUT2D eigenvalue weighted by Crippen LogP contribution is 2.25. The van der Waals surface area contributed by atoms with Gasteiger partial charge in [-0.2, -0.15) is 5.10 Å². The lowest BCUT2D eigenvalue weighted by Crippen LogP contribution is -2.17. The number of carbonyl (C=O) groups excluding carboxylic acids is 1. The fourth-order valence-electron chi connectivity index (χ4n) is 3.16. The molecule has 0 saturated heterocycles. The molecule has 7 nitrogen and oxygen atoms in total. The molecule has 0 unspecified atom stereocenters. The molecule has 3 aromatic rings. The highest BCUT2D eigenvalue weighted by Gasteiger charge is 2.14. The number of benzene rings is 2. The third-order valence-corrected chi connectivity index (χ3v) is 5.91. The Morgan fingerprint density at radius 3 is 2.61 bits per heavy atom. The van der Waals surface area contributed by atoms with Crippen molar-refractivity contribution in [2.45, 2.75) is 13.8 Å². The molecule has 0 aliphatic heterocycles. The van der Waals surface area contributed by atoms with E-state index in [1.54, 1.807) is 43.7 Å². The Hall–Kier alpha value is -2.85. The molecular weight excluding hydrogens is 533 g/mol. The van der Waals surface area contributed by atoms with Gasteiger partial charge in [0.05, 0.1) is 27.5 Å². The summed E-state index contributed by atoms with van der Waals surface area (Å²) in [6.45, 7) is 3.78. The number of hydrogen-bond acceptors (Lipinski definition) is 4. The predicted octanol–water partition coefficient (Wildman–Crippen LogP) is 4.82. The van der Waals surface area contributed by atoms with Gasteiger partial charge in [-0.05, 0) is 78.9 Å². The van der Waals surface area contributed by atoms with Gasteiger partial charge < -0.3 is 14.4 Å². The summed E-state index contributed by atoms with van der Waals surface area (Å²) in [5.74, 6) is -0.834. The number of rotatable bonds is 6. The number of halogens is 2. The van der Waals surface area contributed by atoms with E-state index in [1.165, 1.54) is 6.07 Å². The first-order valence-electron chi connectivity index (χ1n) is 9.12. The van der Waals surface area contributed by atoms with Gasteiger partial charge in [-0.15, -0.1) is 0 Å². The van der Waals surface area contributed by atoms with Crippen molar-refractivity contribution in [2.24, 2.45) is 5.10 Å². The van der Waals surface area contributed by atoms with Crippen molar-refractivity contribution in [3.8, 4) is 11.4 Å². The van der Waals surface area contributed by atoms with E-state index in [-0.39, 0.29) is 16.5 Å². The van der Waals surface area contributed by atoms with E-state index in [0.29, 0.717) is 17.0 Å². The first-order valence-corrected chi connectivity index (χ1v) is 10.6. The van der Waals surface area contributed by atoms with E-state index in [0.717, 1.165) is 20.5 Å². The lowest BCUT2D eigenvalue weighted by atomic mass is 10.2. The average Bonchev–Trinajstić information content (AvgIpc) is 3.01. The van der Waals surface area contributed by atoms with Crippen LogP contribution in [-0.4, -0.2) is 34.9 Å². The maximum Gasteiger partial charge on any atom is 0.337 e. The number of hydrazone groups is 1. The Bertz CT molecular complexity index is 1200. The maximum absolute atomic E-state index is 12.4. The molecule has 1 heterocycles. The number of nitrogens with one attached hydrogen (secondary N) is 1. The minimum Gasteiger partial charge on any atom is -0.496 e. The minimum absolute atomic E-state index is 0.0297. The molecule has 3 rings (SSSR count). The fourth-order valence-corrected chi connectivity index (χ4v) is 3.91. The van der Waals surface area contributed by atoms with E-state index < -0.39 is 5.97 Å². The van der Waals surface area contributed by atoms with Gasteiger partial charge in [0, 0.05) is 28.2 Å². The monoisotopic (exact) mass is 551 g/mol. The maximum atomic E-state index is 12.4. The van der Waals surface area contributed by atoms with Crippen LogP contribution in [0.1, 0.15) is 37.7 Å². The van der Waals surface area contributed by atoms with Crippen molar-refractivity contribution in [2.75, 3.05) is 7.11 Å². The van der Waals surface area contributed by atoms with E-state index in [9.17, 15) is 14.7 Å². The molecule has 0 aliphatic rings. The van der Waals surface area contributed by atoms with Gasteiger partial charge in [0.1, 0.15) is 5.75 Å². The zero-order chi connectivity index (χ0) is 22.7. The molecule has 0 atom stereocenters. The highest BCUT2D eigenvalue weighted by atomic mass is 127. The van der Waals surface area contributed by atoms with Crippen LogP contribution in [-0.2, 0) is 0 Å². The first kappa shape index (κ1) is 22.8. The normalized spacial score (nSPS) is 11.0. The molecule has 0 fully saturated rings. The number of nitrogens with zero attached hydrogens (tertiary/aromatic N) is 2. The summed E-state index contributed by atoms with van der Waals surface area (Å²) in [6, 6.07) is 11.9. The van der Waals surface area contributed by atoms with Crippen LogP contribution in [0.5, 0.6) is 5.75 Å². The van der Waals surface area contributed by atoms with Crippen molar-refractivity contribution in [1.82, 2.24) is 9.99 Å². The van der Waals surface area contributed by atoms with Crippen LogP contribution in [0.15, 0.2) is 47.6 Å². The standard InChI is InChI=1S/C22H19ClIN3O4/c1-12-8-15(11-25-26-21(28)14-4-7-19(24)20(9-14)31-3)13(2)27(12)16-5-6-18(23)17(10-16)22(29)30/h4-11H,1-3H3,(H,26,28)(H,29,30). The molecule has 2 aromatic carbocycles. The van der Waals surface area contributed by atoms with Crippen LogP contribution in [0.4, 0.5) is 0 Å². The first-order chi connectivity index (χ1) is 14.7. The number of amides is 1. The summed E-state index contributed by atoms with van der Waals surface area (Å²) in [5.41, 5.74) is 6.15. The van der Waals surface area contributed by atoms with Gasteiger partial charge in [0.25, 0.3) is 5.91 Å². The number of carboxylic acid groups (broad SMARTS) is 1. The predicted molar refractivity (Wildman–Crippen MR) is 128 cm³/mol. The topological polar surface area (TPSA) is 92.9 Å². The number of aromatic carboxylic acids is 1. The van der Waals surface area contributed by atoms with Crippen molar-refractivity contribution >= 4 is 52.3 Å².